The molecule has 0 bridgehead atoms. The van der Waals surface area contributed by atoms with Crippen LogP contribution in [0.4, 0.5) is 5.95 Å². The minimum absolute atomic E-state index is 0.519. The Labute approximate surface area is 123 Å². The molecule has 4 heteroatoms. The van der Waals surface area contributed by atoms with Gasteiger partial charge in [-0.2, -0.15) is 0 Å². The van der Waals surface area contributed by atoms with Crippen molar-refractivity contribution < 1.29 is 0 Å². The van der Waals surface area contributed by atoms with E-state index in [2.05, 4.69) is 28.2 Å². The average molecular weight is 278 g/mol. The largest absolute Gasteiger partial charge is 0.369 e. The molecular formula is C17H18N4. The number of hydrogen-bond donors (Lipinski definition) is 1. The average Bonchev–Trinajstić information content (AvgIpc) is 2.84. The van der Waals surface area contributed by atoms with Gasteiger partial charge in [0.2, 0.25) is 5.95 Å². The molecule has 3 aromatic rings. The number of hydrogen-bond acceptors (Lipinski definition) is 3. The molecule has 2 heterocycles. The summed E-state index contributed by atoms with van der Waals surface area (Å²) < 4.78 is 2.01. The second-order valence-corrected chi connectivity index (χ2v) is 5.73. The number of anilines is 1. The molecule has 0 radical (unpaired) electrons. The van der Waals surface area contributed by atoms with Crippen molar-refractivity contribution in [2.45, 2.75) is 32.6 Å². The molecule has 1 aliphatic carbocycles. The van der Waals surface area contributed by atoms with E-state index in [0.717, 1.165) is 35.3 Å². The van der Waals surface area contributed by atoms with Crippen LogP contribution in [0.25, 0.3) is 16.9 Å². The number of nitrogen functional groups attached to an aromatic ring is 1. The van der Waals surface area contributed by atoms with Crippen LogP contribution >= 0.6 is 0 Å². The van der Waals surface area contributed by atoms with Gasteiger partial charge in [-0.15, -0.1) is 0 Å². The summed E-state index contributed by atoms with van der Waals surface area (Å²) in [5.74, 6) is 0.519. The Morgan fingerprint density at radius 1 is 1.14 bits per heavy atom. The summed E-state index contributed by atoms with van der Waals surface area (Å²) in [6, 6.07) is 8.44. The third kappa shape index (κ3) is 1.82. The van der Waals surface area contributed by atoms with E-state index in [1.54, 1.807) is 0 Å². The molecule has 0 amide bonds. The molecule has 0 fully saturated rings. The molecular weight excluding hydrogens is 260 g/mol. The lowest BCUT2D eigenvalue weighted by molar-refractivity contribution is 0.682. The van der Waals surface area contributed by atoms with Gasteiger partial charge in [0, 0.05) is 6.20 Å². The quantitative estimate of drug-likeness (QED) is 0.743. The first kappa shape index (κ1) is 12.4. The van der Waals surface area contributed by atoms with Gasteiger partial charge >= 0.3 is 0 Å². The highest BCUT2D eigenvalue weighted by Crippen LogP contribution is 2.31. The Balaban J connectivity index is 2.03. The first-order chi connectivity index (χ1) is 10.3. The highest BCUT2D eigenvalue weighted by Gasteiger charge is 2.18. The molecule has 2 N–H and O–H groups in total. The monoisotopic (exact) mass is 278 g/mol. The van der Waals surface area contributed by atoms with Crippen LogP contribution < -0.4 is 5.73 Å². The summed E-state index contributed by atoms with van der Waals surface area (Å²) in [4.78, 5) is 9.02. The Kier molecular flexibility index (Phi) is 2.70. The maximum absolute atomic E-state index is 6.20. The van der Waals surface area contributed by atoms with E-state index in [1.165, 1.54) is 24.0 Å². The zero-order chi connectivity index (χ0) is 14.4. The molecule has 21 heavy (non-hydrogen) atoms. The van der Waals surface area contributed by atoms with Gasteiger partial charge in [0.1, 0.15) is 5.52 Å². The van der Waals surface area contributed by atoms with Crippen LogP contribution in [-0.2, 0) is 12.8 Å². The second kappa shape index (κ2) is 4.58. The van der Waals surface area contributed by atoms with Crippen molar-refractivity contribution in [3.8, 4) is 5.69 Å². The molecule has 106 valence electrons. The van der Waals surface area contributed by atoms with Gasteiger partial charge in [0.25, 0.3) is 0 Å². The molecule has 4 nitrogen and oxygen atoms in total. The second-order valence-electron chi connectivity index (χ2n) is 5.73. The van der Waals surface area contributed by atoms with Crippen molar-refractivity contribution in [3.63, 3.8) is 0 Å². The first-order valence-corrected chi connectivity index (χ1v) is 7.46. The van der Waals surface area contributed by atoms with Crippen LogP contribution in [0.15, 0.2) is 30.5 Å². The van der Waals surface area contributed by atoms with Crippen molar-refractivity contribution in [3.05, 3.63) is 47.2 Å². The summed E-state index contributed by atoms with van der Waals surface area (Å²) in [5.41, 5.74) is 13.0. The van der Waals surface area contributed by atoms with Gasteiger partial charge in [0.15, 0.2) is 5.65 Å². The third-order valence-electron chi connectivity index (χ3n) is 4.39. The summed E-state index contributed by atoms with van der Waals surface area (Å²) in [5, 5.41) is 0. The lowest BCUT2D eigenvalue weighted by Crippen LogP contribution is -2.10. The molecule has 2 aromatic heterocycles. The third-order valence-corrected chi connectivity index (χ3v) is 4.39. The maximum Gasteiger partial charge on any atom is 0.207 e. The predicted molar refractivity (Wildman–Crippen MR) is 84.7 cm³/mol. The number of aryl methyl sites for hydroxylation is 2. The minimum atomic E-state index is 0.519. The number of imidazole rings is 1. The summed E-state index contributed by atoms with van der Waals surface area (Å²) in [7, 11) is 0. The molecule has 0 saturated carbocycles. The Morgan fingerprint density at radius 3 is 2.90 bits per heavy atom. The Bertz CT molecular complexity index is 832. The van der Waals surface area contributed by atoms with E-state index < -0.39 is 0 Å². The van der Waals surface area contributed by atoms with E-state index in [1.807, 2.05) is 23.8 Å². The number of nitrogens with two attached hydrogens (primary N) is 1. The molecule has 0 spiro atoms. The lowest BCUT2D eigenvalue weighted by atomic mass is 9.90. The SMILES string of the molecule is Cc1ccnc2c1nc(N)n2-c1cccc2c1CCCC2. The van der Waals surface area contributed by atoms with Crippen molar-refractivity contribution >= 4 is 17.1 Å². The molecule has 0 aliphatic heterocycles. The van der Waals surface area contributed by atoms with Crippen molar-refractivity contribution in [1.82, 2.24) is 14.5 Å². The van der Waals surface area contributed by atoms with E-state index in [4.69, 9.17) is 5.73 Å². The number of pyridine rings is 1. The maximum atomic E-state index is 6.20. The fourth-order valence-corrected chi connectivity index (χ4v) is 3.32. The van der Waals surface area contributed by atoms with Gasteiger partial charge < -0.3 is 5.73 Å². The standard InChI is InChI=1S/C17H18N4/c1-11-9-10-19-16-15(11)20-17(18)21(16)14-8-4-6-12-5-2-3-7-13(12)14/h4,6,8-10H,2-3,5,7H2,1H3,(H2,18,20). The smallest absolute Gasteiger partial charge is 0.207 e. The van der Waals surface area contributed by atoms with Crippen LogP contribution in [0.2, 0.25) is 0 Å². The van der Waals surface area contributed by atoms with Gasteiger partial charge in [0.05, 0.1) is 5.69 Å². The molecule has 0 unspecified atom stereocenters. The number of nitrogens with zero attached hydrogens (tertiary/aromatic N) is 3. The molecule has 1 aromatic carbocycles. The minimum Gasteiger partial charge on any atom is -0.369 e. The fourth-order valence-electron chi connectivity index (χ4n) is 3.32. The van der Waals surface area contributed by atoms with E-state index >= 15 is 0 Å². The molecule has 0 atom stereocenters. The van der Waals surface area contributed by atoms with Crippen LogP contribution in [0.5, 0.6) is 0 Å². The zero-order valence-corrected chi connectivity index (χ0v) is 12.1. The topological polar surface area (TPSA) is 56.7 Å². The zero-order valence-electron chi connectivity index (χ0n) is 12.1. The van der Waals surface area contributed by atoms with E-state index in [0.29, 0.717) is 5.95 Å². The van der Waals surface area contributed by atoms with E-state index in [9.17, 15) is 0 Å². The van der Waals surface area contributed by atoms with Gasteiger partial charge in [-0.1, -0.05) is 12.1 Å². The van der Waals surface area contributed by atoms with Crippen LogP contribution in [0, 0.1) is 6.92 Å². The highest BCUT2D eigenvalue weighted by molar-refractivity contribution is 5.80. The number of benzene rings is 1. The predicted octanol–water partition coefficient (Wildman–Crippen LogP) is 3.19. The highest BCUT2D eigenvalue weighted by atomic mass is 15.2. The number of fused-ring (bicyclic) bond motifs is 2. The van der Waals surface area contributed by atoms with Crippen LogP contribution in [0.1, 0.15) is 29.5 Å². The van der Waals surface area contributed by atoms with Crippen molar-refractivity contribution in [2.24, 2.45) is 0 Å². The molecule has 0 saturated heterocycles. The van der Waals surface area contributed by atoms with Gasteiger partial charge in [-0.3, -0.25) is 4.57 Å². The van der Waals surface area contributed by atoms with Crippen molar-refractivity contribution in [1.29, 1.82) is 0 Å². The number of rotatable bonds is 1. The normalized spacial score (nSPS) is 14.3. The molecule has 1 aliphatic rings. The Morgan fingerprint density at radius 2 is 2.00 bits per heavy atom. The molecule has 4 rings (SSSR count). The van der Waals surface area contributed by atoms with Crippen LogP contribution in [0.3, 0.4) is 0 Å². The summed E-state index contributed by atoms with van der Waals surface area (Å²) in [6.07, 6.45) is 6.60. The fraction of sp³-hybridized carbons (Fsp3) is 0.294. The van der Waals surface area contributed by atoms with Gasteiger partial charge in [-0.25, -0.2) is 9.97 Å². The number of aromatic nitrogens is 3. The summed E-state index contributed by atoms with van der Waals surface area (Å²) in [6.45, 7) is 2.04. The van der Waals surface area contributed by atoms with Gasteiger partial charge in [-0.05, 0) is 61.4 Å². The Hall–Kier alpha value is -2.36. The van der Waals surface area contributed by atoms with Crippen molar-refractivity contribution in [2.75, 3.05) is 5.73 Å². The first-order valence-electron chi connectivity index (χ1n) is 7.46. The summed E-state index contributed by atoms with van der Waals surface area (Å²) >= 11 is 0. The van der Waals surface area contributed by atoms with E-state index in [-0.39, 0.29) is 0 Å². The van der Waals surface area contributed by atoms with Crippen LogP contribution in [-0.4, -0.2) is 14.5 Å². The lowest BCUT2D eigenvalue weighted by Gasteiger charge is -2.20.